The quantitative estimate of drug-likeness (QED) is 0.904. The fraction of sp³-hybridized carbons (Fsp3) is 0.467. The molecule has 2 aromatic heterocycles. The van der Waals surface area contributed by atoms with E-state index in [2.05, 4.69) is 5.32 Å². The van der Waals surface area contributed by atoms with Crippen LogP contribution in [0.5, 0.6) is 0 Å². The molecule has 2 unspecified atom stereocenters. The first kappa shape index (κ1) is 14.5. The number of rotatable bonds is 3. The maximum absolute atomic E-state index is 12.4. The minimum atomic E-state index is -0.859. The van der Waals surface area contributed by atoms with Gasteiger partial charge >= 0.3 is 5.97 Å². The minimum Gasteiger partial charge on any atom is -0.481 e. The summed E-state index contributed by atoms with van der Waals surface area (Å²) in [6, 6.07) is 3.60. The van der Waals surface area contributed by atoms with E-state index in [4.69, 9.17) is 0 Å². The van der Waals surface area contributed by atoms with E-state index in [1.165, 1.54) is 11.3 Å². The van der Waals surface area contributed by atoms with E-state index in [1.54, 1.807) is 18.3 Å². The zero-order chi connectivity index (χ0) is 15.0. The smallest absolute Gasteiger partial charge is 0.311 e. The Hall–Kier alpha value is -1.40. The summed E-state index contributed by atoms with van der Waals surface area (Å²) in [4.78, 5) is 24.6. The molecule has 2 aromatic rings. The van der Waals surface area contributed by atoms with Crippen molar-refractivity contribution < 1.29 is 14.7 Å². The monoisotopic (exact) mass is 323 g/mol. The average Bonchev–Trinajstić information content (AvgIpc) is 3.02. The molecular weight excluding hydrogens is 306 g/mol. The van der Waals surface area contributed by atoms with Crippen molar-refractivity contribution in [3.63, 3.8) is 0 Å². The number of hydrogen-bond donors (Lipinski definition) is 2. The Morgan fingerprint density at radius 2 is 2.19 bits per heavy atom. The second-order valence-corrected chi connectivity index (χ2v) is 7.79. The number of carbonyl (C=O) groups is 2. The number of hydrogen-bond acceptors (Lipinski definition) is 4. The highest BCUT2D eigenvalue weighted by molar-refractivity contribution is 7.27. The molecule has 2 heterocycles. The van der Waals surface area contributed by atoms with Crippen LogP contribution in [0.4, 0.5) is 0 Å². The summed E-state index contributed by atoms with van der Waals surface area (Å²) in [5.41, 5.74) is -0.859. The first-order valence-electron chi connectivity index (χ1n) is 7.02. The molecule has 1 aliphatic rings. The van der Waals surface area contributed by atoms with Crippen molar-refractivity contribution in [1.29, 1.82) is 0 Å². The molecule has 112 valence electrons. The van der Waals surface area contributed by atoms with Crippen molar-refractivity contribution >= 4 is 43.9 Å². The molecule has 4 nitrogen and oxygen atoms in total. The predicted molar refractivity (Wildman–Crippen MR) is 85.2 cm³/mol. The molecule has 0 aliphatic heterocycles. The number of aliphatic carboxylic acids is 1. The Morgan fingerprint density at radius 3 is 2.90 bits per heavy atom. The molecular formula is C15H17NO3S2. The Balaban J connectivity index is 1.79. The van der Waals surface area contributed by atoms with Crippen LogP contribution in [0.15, 0.2) is 17.5 Å². The van der Waals surface area contributed by atoms with Crippen molar-refractivity contribution in [1.82, 2.24) is 5.32 Å². The summed E-state index contributed by atoms with van der Waals surface area (Å²) < 4.78 is 2.21. The Morgan fingerprint density at radius 1 is 1.38 bits per heavy atom. The molecule has 0 spiro atoms. The molecule has 1 aliphatic carbocycles. The van der Waals surface area contributed by atoms with E-state index in [9.17, 15) is 14.7 Å². The summed E-state index contributed by atoms with van der Waals surface area (Å²) >= 11 is 3.07. The molecule has 0 aromatic carbocycles. The SMILES string of the molecule is CC1(C(=O)O)CCCCC1NC(=O)c1cc2sccc2s1. The standard InChI is InChI=1S/C15H17NO3S2/c1-15(14(18)19)6-3-2-4-12(15)16-13(17)11-8-10-9(21-11)5-7-20-10/h5,7-8,12H,2-4,6H2,1H3,(H,16,17)(H,18,19). The van der Waals surface area contributed by atoms with E-state index in [0.717, 1.165) is 28.7 Å². The lowest BCUT2D eigenvalue weighted by atomic mass is 9.71. The average molecular weight is 323 g/mol. The lowest BCUT2D eigenvalue weighted by molar-refractivity contribution is -0.151. The molecule has 0 bridgehead atoms. The van der Waals surface area contributed by atoms with Gasteiger partial charge in [-0.05, 0) is 37.3 Å². The van der Waals surface area contributed by atoms with Crippen molar-refractivity contribution in [3.8, 4) is 0 Å². The van der Waals surface area contributed by atoms with Gasteiger partial charge in [0, 0.05) is 15.4 Å². The lowest BCUT2D eigenvalue weighted by Gasteiger charge is -2.38. The third-order valence-electron chi connectivity index (χ3n) is 4.37. The molecule has 0 saturated heterocycles. The van der Waals surface area contributed by atoms with Gasteiger partial charge in [-0.25, -0.2) is 0 Å². The van der Waals surface area contributed by atoms with E-state index < -0.39 is 11.4 Å². The van der Waals surface area contributed by atoms with Crippen LogP contribution >= 0.6 is 22.7 Å². The molecule has 1 saturated carbocycles. The number of carbonyl (C=O) groups excluding carboxylic acids is 1. The van der Waals surface area contributed by atoms with Gasteiger partial charge in [0.05, 0.1) is 10.3 Å². The maximum atomic E-state index is 12.4. The fourth-order valence-electron chi connectivity index (χ4n) is 2.93. The molecule has 21 heavy (non-hydrogen) atoms. The molecule has 2 atom stereocenters. The summed E-state index contributed by atoms with van der Waals surface area (Å²) in [5.74, 6) is -0.970. The van der Waals surface area contributed by atoms with Gasteiger partial charge < -0.3 is 10.4 Å². The van der Waals surface area contributed by atoms with Gasteiger partial charge in [-0.2, -0.15) is 0 Å². The fourth-order valence-corrected chi connectivity index (χ4v) is 4.94. The molecule has 0 radical (unpaired) electrons. The van der Waals surface area contributed by atoms with Crippen LogP contribution in [0.2, 0.25) is 0 Å². The first-order chi connectivity index (χ1) is 10.0. The molecule has 6 heteroatoms. The topological polar surface area (TPSA) is 66.4 Å². The van der Waals surface area contributed by atoms with Gasteiger partial charge in [0.1, 0.15) is 0 Å². The van der Waals surface area contributed by atoms with Crippen LogP contribution in [0.25, 0.3) is 9.40 Å². The van der Waals surface area contributed by atoms with E-state index >= 15 is 0 Å². The maximum Gasteiger partial charge on any atom is 0.311 e. The zero-order valence-corrected chi connectivity index (χ0v) is 13.4. The van der Waals surface area contributed by atoms with Crippen LogP contribution in [0.1, 0.15) is 42.3 Å². The highest BCUT2D eigenvalue weighted by Gasteiger charge is 2.44. The van der Waals surface area contributed by atoms with Gasteiger partial charge in [0.25, 0.3) is 5.91 Å². The number of fused-ring (bicyclic) bond motifs is 1. The van der Waals surface area contributed by atoms with Gasteiger partial charge in [0.15, 0.2) is 0 Å². The predicted octanol–water partition coefficient (Wildman–Crippen LogP) is 3.73. The normalized spacial score (nSPS) is 25.9. The Bertz CT molecular complexity index is 661. The van der Waals surface area contributed by atoms with Gasteiger partial charge in [-0.1, -0.05) is 12.8 Å². The van der Waals surface area contributed by atoms with Crippen molar-refractivity contribution in [2.45, 2.75) is 38.6 Å². The summed E-state index contributed by atoms with van der Waals surface area (Å²) in [6.45, 7) is 1.74. The lowest BCUT2D eigenvalue weighted by Crippen LogP contribution is -2.52. The van der Waals surface area contributed by atoms with E-state index in [-0.39, 0.29) is 11.9 Å². The largest absolute Gasteiger partial charge is 0.481 e. The second kappa shape index (κ2) is 5.42. The van der Waals surface area contributed by atoms with E-state index in [1.807, 2.05) is 17.5 Å². The molecule has 1 amide bonds. The Labute approximate surface area is 130 Å². The molecule has 3 rings (SSSR count). The van der Waals surface area contributed by atoms with Crippen molar-refractivity contribution in [3.05, 3.63) is 22.4 Å². The van der Waals surface area contributed by atoms with Crippen molar-refractivity contribution in [2.24, 2.45) is 5.41 Å². The number of carboxylic acid groups (broad SMARTS) is 1. The first-order valence-corrected chi connectivity index (χ1v) is 8.71. The minimum absolute atomic E-state index is 0.150. The van der Waals surface area contributed by atoms with Gasteiger partial charge in [-0.15, -0.1) is 22.7 Å². The number of nitrogens with one attached hydrogen (secondary N) is 1. The van der Waals surface area contributed by atoms with Crippen LogP contribution < -0.4 is 5.32 Å². The van der Waals surface area contributed by atoms with Crippen LogP contribution in [0.3, 0.4) is 0 Å². The zero-order valence-electron chi connectivity index (χ0n) is 11.7. The highest BCUT2D eigenvalue weighted by atomic mass is 32.1. The van der Waals surface area contributed by atoms with Gasteiger partial charge in [-0.3, -0.25) is 9.59 Å². The highest BCUT2D eigenvalue weighted by Crippen LogP contribution is 2.37. The van der Waals surface area contributed by atoms with Crippen LogP contribution in [-0.4, -0.2) is 23.0 Å². The number of thiophene rings is 2. The second-order valence-electron chi connectivity index (χ2n) is 5.75. The summed E-state index contributed by atoms with van der Waals surface area (Å²) in [7, 11) is 0. The van der Waals surface area contributed by atoms with Crippen LogP contribution in [-0.2, 0) is 4.79 Å². The van der Waals surface area contributed by atoms with Crippen LogP contribution in [0, 0.1) is 5.41 Å². The van der Waals surface area contributed by atoms with Gasteiger partial charge in [0.2, 0.25) is 0 Å². The molecule has 2 N–H and O–H groups in total. The summed E-state index contributed by atoms with van der Waals surface area (Å²) in [6.07, 6.45) is 3.22. The summed E-state index contributed by atoms with van der Waals surface area (Å²) in [5, 5.41) is 14.4. The molecule has 1 fully saturated rings. The van der Waals surface area contributed by atoms with E-state index in [0.29, 0.717) is 11.3 Å². The third-order valence-corrected chi connectivity index (χ3v) is 6.46. The number of carboxylic acids is 1. The van der Waals surface area contributed by atoms with Crippen molar-refractivity contribution in [2.75, 3.05) is 0 Å². The Kier molecular flexibility index (Phi) is 3.75. The number of amides is 1. The third kappa shape index (κ3) is 2.58.